The summed E-state index contributed by atoms with van der Waals surface area (Å²) in [5.74, 6) is 0.961. The van der Waals surface area contributed by atoms with Crippen LogP contribution in [0.5, 0.6) is 5.75 Å². The second-order valence-corrected chi connectivity index (χ2v) is 4.43. The largest absolute Gasteiger partial charge is 0.496 e. The van der Waals surface area contributed by atoms with Crippen LogP contribution in [0, 0.1) is 5.82 Å². The van der Waals surface area contributed by atoms with Crippen LogP contribution in [-0.2, 0) is 11.2 Å². The second-order valence-electron chi connectivity index (χ2n) is 4.43. The van der Waals surface area contributed by atoms with Crippen LogP contribution < -0.4 is 10.1 Å². The van der Waals surface area contributed by atoms with Crippen molar-refractivity contribution in [2.75, 3.05) is 33.9 Å². The molecule has 0 atom stereocenters. The van der Waals surface area contributed by atoms with Gasteiger partial charge in [0.05, 0.1) is 25.5 Å². The van der Waals surface area contributed by atoms with Gasteiger partial charge in [-0.3, -0.25) is 0 Å². The topological polar surface area (TPSA) is 56.5 Å². The smallest absolute Gasteiger partial charge is 0.196 e. The minimum atomic E-state index is -0.393. The van der Waals surface area contributed by atoms with E-state index in [1.807, 2.05) is 0 Å². The lowest BCUT2D eigenvalue weighted by Gasteiger charge is -2.06. The Hall–Kier alpha value is -1.92. The van der Waals surface area contributed by atoms with Crippen molar-refractivity contribution in [1.82, 2.24) is 10.3 Å². The van der Waals surface area contributed by atoms with E-state index in [1.165, 1.54) is 19.4 Å². The fourth-order valence-electron chi connectivity index (χ4n) is 1.95. The van der Waals surface area contributed by atoms with E-state index in [2.05, 4.69) is 10.3 Å². The summed E-state index contributed by atoms with van der Waals surface area (Å²) in [6, 6.07) is 4.65. The third kappa shape index (κ3) is 4.03. The molecule has 114 valence electrons. The maximum Gasteiger partial charge on any atom is 0.196 e. The van der Waals surface area contributed by atoms with Crippen molar-refractivity contribution < 1.29 is 18.3 Å². The molecule has 0 spiro atoms. The molecule has 6 heteroatoms. The zero-order valence-electron chi connectivity index (χ0n) is 12.2. The van der Waals surface area contributed by atoms with Crippen molar-refractivity contribution in [3.63, 3.8) is 0 Å². The maximum absolute atomic E-state index is 13.9. The number of oxazole rings is 1. The number of nitrogens with zero attached hydrogens (tertiary/aromatic N) is 1. The number of ether oxygens (including phenoxy) is 2. The lowest BCUT2D eigenvalue weighted by molar-refractivity contribution is 0.199. The highest BCUT2D eigenvalue weighted by atomic mass is 19.1. The molecule has 0 radical (unpaired) electrons. The molecule has 0 saturated heterocycles. The molecule has 1 aromatic carbocycles. The highest BCUT2D eigenvalue weighted by Gasteiger charge is 2.16. The Morgan fingerprint density at radius 2 is 2.14 bits per heavy atom. The van der Waals surface area contributed by atoms with Gasteiger partial charge in [0.15, 0.2) is 11.7 Å². The average molecular weight is 294 g/mol. The molecule has 21 heavy (non-hydrogen) atoms. The third-order valence-corrected chi connectivity index (χ3v) is 2.99. The first-order valence-corrected chi connectivity index (χ1v) is 6.73. The Kier molecular flexibility index (Phi) is 5.71. The predicted octanol–water partition coefficient (Wildman–Crippen LogP) is 2.27. The molecule has 0 bridgehead atoms. The fraction of sp³-hybridized carbons (Fsp3) is 0.400. The van der Waals surface area contributed by atoms with E-state index in [4.69, 9.17) is 13.9 Å². The molecule has 1 heterocycles. The van der Waals surface area contributed by atoms with E-state index >= 15 is 0 Å². The van der Waals surface area contributed by atoms with E-state index in [-0.39, 0.29) is 0 Å². The zero-order chi connectivity index (χ0) is 15.1. The molecular formula is C15H19FN2O3. The summed E-state index contributed by atoms with van der Waals surface area (Å²) in [5.41, 5.74) is 0.297. The standard InChI is InChI=1S/C15H19FN2O3/c1-19-9-8-17-7-6-14-18-10-13(21-14)15-11(16)4-3-5-12(15)20-2/h3-5,10,17H,6-9H2,1-2H3. The van der Waals surface area contributed by atoms with Gasteiger partial charge in [-0.15, -0.1) is 0 Å². The highest BCUT2D eigenvalue weighted by molar-refractivity contribution is 5.65. The first kappa shape index (κ1) is 15.5. The minimum Gasteiger partial charge on any atom is -0.496 e. The fourth-order valence-corrected chi connectivity index (χ4v) is 1.95. The minimum absolute atomic E-state index is 0.297. The van der Waals surface area contributed by atoms with Crippen LogP contribution in [0.3, 0.4) is 0 Å². The normalized spacial score (nSPS) is 10.8. The third-order valence-electron chi connectivity index (χ3n) is 2.99. The van der Waals surface area contributed by atoms with Crippen LogP contribution in [0.15, 0.2) is 28.8 Å². The van der Waals surface area contributed by atoms with Gasteiger partial charge in [-0.25, -0.2) is 9.37 Å². The van der Waals surface area contributed by atoms with Gasteiger partial charge in [-0.1, -0.05) is 6.07 Å². The van der Waals surface area contributed by atoms with Crippen LogP contribution in [-0.4, -0.2) is 38.9 Å². The van der Waals surface area contributed by atoms with Gasteiger partial charge < -0.3 is 19.2 Å². The van der Waals surface area contributed by atoms with Crippen LogP contribution in [0.2, 0.25) is 0 Å². The van der Waals surface area contributed by atoms with Crippen LogP contribution >= 0.6 is 0 Å². The van der Waals surface area contributed by atoms with Gasteiger partial charge in [0.25, 0.3) is 0 Å². The van der Waals surface area contributed by atoms with Gasteiger partial charge in [0, 0.05) is 26.6 Å². The molecule has 0 saturated carbocycles. The summed E-state index contributed by atoms with van der Waals surface area (Å²) in [6.07, 6.45) is 2.14. The van der Waals surface area contributed by atoms with Crippen molar-refractivity contribution in [3.05, 3.63) is 36.1 Å². The molecular weight excluding hydrogens is 275 g/mol. The number of halogens is 1. The van der Waals surface area contributed by atoms with E-state index < -0.39 is 5.82 Å². The maximum atomic E-state index is 13.9. The molecule has 0 aliphatic carbocycles. The van der Waals surface area contributed by atoms with Gasteiger partial charge in [-0.05, 0) is 12.1 Å². The van der Waals surface area contributed by atoms with Crippen LogP contribution in [0.4, 0.5) is 4.39 Å². The molecule has 2 rings (SSSR count). The molecule has 0 unspecified atom stereocenters. The highest BCUT2D eigenvalue weighted by Crippen LogP contribution is 2.32. The van der Waals surface area contributed by atoms with Crippen molar-refractivity contribution in [2.45, 2.75) is 6.42 Å². The molecule has 0 amide bonds. The quantitative estimate of drug-likeness (QED) is 0.757. The summed E-state index contributed by atoms with van der Waals surface area (Å²) < 4.78 is 29.6. The summed E-state index contributed by atoms with van der Waals surface area (Å²) in [4.78, 5) is 4.17. The SMILES string of the molecule is COCCNCCc1ncc(-c2c(F)cccc2OC)o1. The number of rotatable bonds is 8. The van der Waals surface area contributed by atoms with E-state index in [1.54, 1.807) is 19.2 Å². The van der Waals surface area contributed by atoms with Gasteiger partial charge in [0.1, 0.15) is 11.6 Å². The molecule has 1 N–H and O–H groups in total. The van der Waals surface area contributed by atoms with Gasteiger partial charge in [0.2, 0.25) is 0 Å². The molecule has 0 fully saturated rings. The lowest BCUT2D eigenvalue weighted by atomic mass is 10.1. The summed E-state index contributed by atoms with van der Waals surface area (Å²) in [5, 5.41) is 3.19. The number of aromatic nitrogens is 1. The Morgan fingerprint density at radius 3 is 2.90 bits per heavy atom. The lowest BCUT2D eigenvalue weighted by Crippen LogP contribution is -2.21. The molecule has 5 nitrogen and oxygen atoms in total. The number of hydrogen-bond donors (Lipinski definition) is 1. The van der Waals surface area contributed by atoms with Crippen molar-refractivity contribution in [3.8, 4) is 17.1 Å². The van der Waals surface area contributed by atoms with Crippen LogP contribution in [0.1, 0.15) is 5.89 Å². The first-order chi connectivity index (χ1) is 10.3. The monoisotopic (exact) mass is 294 g/mol. The van der Waals surface area contributed by atoms with Gasteiger partial charge in [-0.2, -0.15) is 0 Å². The number of nitrogens with one attached hydrogen (secondary N) is 1. The average Bonchev–Trinajstić information content (AvgIpc) is 2.95. The van der Waals surface area contributed by atoms with E-state index in [9.17, 15) is 4.39 Å². The van der Waals surface area contributed by atoms with E-state index in [0.29, 0.717) is 36.0 Å². The van der Waals surface area contributed by atoms with Crippen LogP contribution in [0.25, 0.3) is 11.3 Å². The molecule has 0 aliphatic rings. The van der Waals surface area contributed by atoms with Crippen molar-refractivity contribution >= 4 is 0 Å². The Balaban J connectivity index is 2.03. The Labute approximate surface area is 123 Å². The van der Waals surface area contributed by atoms with E-state index in [0.717, 1.165) is 13.1 Å². The molecule has 1 aromatic heterocycles. The number of benzene rings is 1. The van der Waals surface area contributed by atoms with Crippen molar-refractivity contribution in [2.24, 2.45) is 0 Å². The zero-order valence-corrected chi connectivity index (χ0v) is 12.2. The Morgan fingerprint density at radius 1 is 1.29 bits per heavy atom. The number of hydrogen-bond acceptors (Lipinski definition) is 5. The second kappa shape index (κ2) is 7.75. The molecule has 0 aliphatic heterocycles. The summed E-state index contributed by atoms with van der Waals surface area (Å²) in [6.45, 7) is 2.15. The first-order valence-electron chi connectivity index (χ1n) is 6.73. The number of methoxy groups -OCH3 is 2. The van der Waals surface area contributed by atoms with Gasteiger partial charge >= 0.3 is 0 Å². The van der Waals surface area contributed by atoms with Crippen molar-refractivity contribution in [1.29, 1.82) is 0 Å². The summed E-state index contributed by atoms with van der Waals surface area (Å²) >= 11 is 0. The summed E-state index contributed by atoms with van der Waals surface area (Å²) in [7, 11) is 3.15. The predicted molar refractivity (Wildman–Crippen MR) is 76.9 cm³/mol. The Bertz CT molecular complexity index is 572. The molecule has 2 aromatic rings.